The van der Waals surface area contributed by atoms with Crippen LogP contribution in [-0.4, -0.2) is 24.5 Å². The zero-order valence-corrected chi connectivity index (χ0v) is 7.43. The van der Waals surface area contributed by atoms with Crippen molar-refractivity contribution in [3.05, 3.63) is 0 Å². The molecule has 10 heavy (non-hydrogen) atoms. The van der Waals surface area contributed by atoms with Crippen molar-refractivity contribution in [2.75, 3.05) is 13.6 Å². The molecule has 1 heterocycles. The van der Waals surface area contributed by atoms with E-state index in [1.165, 1.54) is 25.8 Å². The van der Waals surface area contributed by atoms with Gasteiger partial charge in [-0.05, 0) is 38.8 Å². The van der Waals surface area contributed by atoms with Crippen LogP contribution in [0.4, 0.5) is 0 Å². The molecule has 0 bridgehead atoms. The van der Waals surface area contributed by atoms with Gasteiger partial charge in [0.25, 0.3) is 0 Å². The first kappa shape index (κ1) is 8.06. The third-order valence-corrected chi connectivity index (χ3v) is 2.81. The van der Waals surface area contributed by atoms with Crippen molar-refractivity contribution in [1.82, 2.24) is 4.90 Å². The summed E-state index contributed by atoms with van der Waals surface area (Å²) in [6.45, 7) is 5.98. The van der Waals surface area contributed by atoms with Gasteiger partial charge in [0.1, 0.15) is 0 Å². The first-order chi connectivity index (χ1) is 4.75. The van der Waals surface area contributed by atoms with Gasteiger partial charge in [-0.15, -0.1) is 0 Å². The normalized spacial score (nSPS) is 36.3. The average molecular weight is 141 g/mol. The molecule has 0 aliphatic carbocycles. The van der Waals surface area contributed by atoms with E-state index in [-0.39, 0.29) is 0 Å². The first-order valence-corrected chi connectivity index (χ1v) is 4.46. The number of hydrogen-bond acceptors (Lipinski definition) is 1. The molecule has 0 saturated carbocycles. The summed E-state index contributed by atoms with van der Waals surface area (Å²) < 4.78 is 0. The third kappa shape index (κ3) is 1.51. The summed E-state index contributed by atoms with van der Waals surface area (Å²) in [5.41, 5.74) is 0. The Balaban J connectivity index is 2.45. The Morgan fingerprint density at radius 1 is 1.50 bits per heavy atom. The van der Waals surface area contributed by atoms with Gasteiger partial charge < -0.3 is 4.90 Å². The van der Waals surface area contributed by atoms with Crippen molar-refractivity contribution in [3.63, 3.8) is 0 Å². The Kier molecular flexibility index (Phi) is 2.72. The van der Waals surface area contributed by atoms with Crippen molar-refractivity contribution in [1.29, 1.82) is 0 Å². The van der Waals surface area contributed by atoms with Crippen molar-refractivity contribution in [2.24, 2.45) is 5.92 Å². The van der Waals surface area contributed by atoms with Crippen LogP contribution in [0.2, 0.25) is 0 Å². The summed E-state index contributed by atoms with van der Waals surface area (Å²) in [6.07, 6.45) is 4.15. The summed E-state index contributed by atoms with van der Waals surface area (Å²) in [6, 6.07) is 0.855. The Labute approximate surface area is 64.4 Å². The van der Waals surface area contributed by atoms with Gasteiger partial charge >= 0.3 is 0 Å². The molecular formula is C9H19N. The molecule has 1 aliphatic heterocycles. The maximum absolute atomic E-state index is 2.51. The van der Waals surface area contributed by atoms with Gasteiger partial charge in [-0.3, -0.25) is 0 Å². The highest BCUT2D eigenvalue weighted by Crippen LogP contribution is 2.23. The van der Waals surface area contributed by atoms with Crippen LogP contribution in [-0.2, 0) is 0 Å². The Morgan fingerprint density at radius 2 is 2.20 bits per heavy atom. The molecule has 0 amide bonds. The highest BCUT2D eigenvalue weighted by Gasteiger charge is 2.23. The van der Waals surface area contributed by atoms with Crippen molar-refractivity contribution in [3.8, 4) is 0 Å². The molecule has 0 spiro atoms. The minimum Gasteiger partial charge on any atom is -0.303 e. The minimum absolute atomic E-state index is 0.855. The Bertz CT molecular complexity index is 90.9. The van der Waals surface area contributed by atoms with E-state index in [2.05, 4.69) is 25.8 Å². The molecule has 0 radical (unpaired) electrons. The largest absolute Gasteiger partial charge is 0.303 e. The van der Waals surface area contributed by atoms with Crippen LogP contribution in [0, 0.1) is 5.92 Å². The maximum Gasteiger partial charge on any atom is 0.0115 e. The Morgan fingerprint density at radius 3 is 2.60 bits per heavy atom. The molecule has 0 aromatic rings. The molecule has 1 heteroatoms. The van der Waals surface area contributed by atoms with Crippen LogP contribution in [0.5, 0.6) is 0 Å². The lowest BCUT2D eigenvalue weighted by Crippen LogP contribution is -2.40. The highest BCUT2D eigenvalue weighted by molar-refractivity contribution is 4.78. The summed E-state index contributed by atoms with van der Waals surface area (Å²) in [5.74, 6) is 0.920. The Hall–Kier alpha value is -0.0400. The minimum atomic E-state index is 0.855. The van der Waals surface area contributed by atoms with Crippen molar-refractivity contribution < 1.29 is 0 Å². The smallest absolute Gasteiger partial charge is 0.0115 e. The quantitative estimate of drug-likeness (QED) is 0.540. The van der Waals surface area contributed by atoms with Crippen LogP contribution < -0.4 is 0 Å². The van der Waals surface area contributed by atoms with Crippen LogP contribution in [0.3, 0.4) is 0 Å². The molecule has 1 aliphatic rings. The van der Waals surface area contributed by atoms with Crippen LogP contribution in [0.25, 0.3) is 0 Å². The van der Waals surface area contributed by atoms with E-state index in [0.717, 1.165) is 12.0 Å². The predicted octanol–water partition coefficient (Wildman–Crippen LogP) is 2.13. The molecule has 0 aromatic heterocycles. The highest BCUT2D eigenvalue weighted by atomic mass is 15.1. The fraction of sp³-hybridized carbons (Fsp3) is 1.00. The second-order valence-electron chi connectivity index (χ2n) is 3.58. The summed E-state index contributed by atoms with van der Waals surface area (Å²) in [4.78, 5) is 2.51. The monoisotopic (exact) mass is 141 g/mol. The summed E-state index contributed by atoms with van der Waals surface area (Å²) in [5, 5.41) is 0. The molecule has 2 atom stereocenters. The average Bonchev–Trinajstić information content (AvgIpc) is 1.88. The zero-order valence-electron chi connectivity index (χ0n) is 7.43. The van der Waals surface area contributed by atoms with Gasteiger partial charge in [0.15, 0.2) is 0 Å². The fourth-order valence-electron chi connectivity index (χ4n) is 2.17. The lowest BCUT2D eigenvalue weighted by Gasteiger charge is -2.36. The number of nitrogens with zero attached hydrogens (tertiary/aromatic N) is 1. The second-order valence-corrected chi connectivity index (χ2v) is 3.58. The molecule has 1 fully saturated rings. The number of hydrogen-bond donors (Lipinski definition) is 0. The topological polar surface area (TPSA) is 3.24 Å². The van der Waals surface area contributed by atoms with E-state index in [0.29, 0.717) is 0 Å². The molecule has 1 saturated heterocycles. The standard InChI is InChI=1S/C9H19N/c1-4-9-8(2)6-5-7-10(9)3/h8-9H,4-7H2,1-3H3/t8-,9-/m1/s1. The van der Waals surface area contributed by atoms with Gasteiger partial charge in [0.2, 0.25) is 0 Å². The van der Waals surface area contributed by atoms with Gasteiger partial charge in [0, 0.05) is 6.04 Å². The van der Waals surface area contributed by atoms with E-state index >= 15 is 0 Å². The van der Waals surface area contributed by atoms with Gasteiger partial charge in [0.05, 0.1) is 0 Å². The van der Waals surface area contributed by atoms with E-state index in [1.807, 2.05) is 0 Å². The van der Waals surface area contributed by atoms with Gasteiger partial charge in [-0.1, -0.05) is 13.8 Å². The summed E-state index contributed by atoms with van der Waals surface area (Å²) >= 11 is 0. The van der Waals surface area contributed by atoms with Crippen molar-refractivity contribution in [2.45, 2.75) is 39.2 Å². The van der Waals surface area contributed by atoms with Gasteiger partial charge in [-0.25, -0.2) is 0 Å². The zero-order chi connectivity index (χ0) is 7.56. The molecule has 0 aromatic carbocycles. The van der Waals surface area contributed by atoms with E-state index < -0.39 is 0 Å². The van der Waals surface area contributed by atoms with Crippen LogP contribution >= 0.6 is 0 Å². The van der Waals surface area contributed by atoms with Crippen molar-refractivity contribution >= 4 is 0 Å². The number of likely N-dealkylation sites (tertiary alicyclic amines) is 1. The lowest BCUT2D eigenvalue weighted by atomic mass is 9.90. The second kappa shape index (κ2) is 3.38. The van der Waals surface area contributed by atoms with Crippen LogP contribution in [0.15, 0.2) is 0 Å². The van der Waals surface area contributed by atoms with Crippen LogP contribution in [0.1, 0.15) is 33.1 Å². The molecule has 0 unspecified atom stereocenters. The molecule has 1 nitrogen and oxygen atoms in total. The predicted molar refractivity (Wildman–Crippen MR) is 45.1 cm³/mol. The summed E-state index contributed by atoms with van der Waals surface area (Å²) in [7, 11) is 2.25. The van der Waals surface area contributed by atoms with Gasteiger partial charge in [-0.2, -0.15) is 0 Å². The SMILES string of the molecule is CC[C@@H]1[C@H](C)CCCN1C. The number of rotatable bonds is 1. The molecule has 0 N–H and O–H groups in total. The van der Waals surface area contributed by atoms with E-state index in [1.54, 1.807) is 0 Å². The van der Waals surface area contributed by atoms with E-state index in [4.69, 9.17) is 0 Å². The maximum atomic E-state index is 2.51. The first-order valence-electron chi connectivity index (χ1n) is 4.46. The fourth-order valence-corrected chi connectivity index (χ4v) is 2.17. The number of piperidine rings is 1. The molecular weight excluding hydrogens is 122 g/mol. The van der Waals surface area contributed by atoms with E-state index in [9.17, 15) is 0 Å². The lowest BCUT2D eigenvalue weighted by molar-refractivity contribution is 0.127. The molecule has 60 valence electrons. The third-order valence-electron chi connectivity index (χ3n) is 2.81. The molecule has 1 rings (SSSR count).